The van der Waals surface area contributed by atoms with Crippen molar-refractivity contribution in [2.75, 3.05) is 18.5 Å². The van der Waals surface area contributed by atoms with Crippen LogP contribution in [0, 0.1) is 5.41 Å². The van der Waals surface area contributed by atoms with Gasteiger partial charge >= 0.3 is 18.6 Å². The van der Waals surface area contributed by atoms with Gasteiger partial charge in [0.15, 0.2) is 5.11 Å². The third kappa shape index (κ3) is 7.66. The van der Waals surface area contributed by atoms with Crippen molar-refractivity contribution in [3.8, 4) is 5.75 Å². The predicted molar refractivity (Wildman–Crippen MR) is 146 cm³/mol. The van der Waals surface area contributed by atoms with E-state index in [9.17, 15) is 18.4 Å². The molecule has 1 heterocycles. The van der Waals surface area contributed by atoms with Crippen molar-refractivity contribution in [2.45, 2.75) is 74.0 Å². The van der Waals surface area contributed by atoms with Gasteiger partial charge in [0, 0.05) is 28.7 Å². The van der Waals surface area contributed by atoms with E-state index in [0.717, 1.165) is 0 Å². The van der Waals surface area contributed by atoms with E-state index in [2.05, 4.69) is 36.7 Å². The summed E-state index contributed by atoms with van der Waals surface area (Å²) in [5.41, 5.74) is 1.51. The Balaban J connectivity index is 2.70. The number of rotatable bonds is 9. The molecule has 1 aliphatic rings. The Kier molecular flexibility index (Phi) is 10.6. The molecule has 0 spiro atoms. The maximum Gasteiger partial charge on any atom is 0.387 e. The predicted octanol–water partition coefficient (Wildman–Crippen LogP) is 5.37. The molecule has 0 saturated carbocycles. The molecule has 0 aromatic heterocycles. The lowest BCUT2D eigenvalue weighted by molar-refractivity contribution is -0.139. The zero-order valence-electron chi connectivity index (χ0n) is 23.1. The molecule has 1 atom stereocenters. The second-order valence-electron chi connectivity index (χ2n) is 9.89. The van der Waals surface area contributed by atoms with E-state index in [0.29, 0.717) is 22.2 Å². The molecule has 0 saturated heterocycles. The molecular formula is C27H37F2N3O5S. The van der Waals surface area contributed by atoms with E-state index in [-0.39, 0.29) is 47.1 Å². The van der Waals surface area contributed by atoms with E-state index in [1.165, 1.54) is 18.2 Å². The number of carbonyl (C=O) groups is 2. The highest BCUT2D eigenvalue weighted by Crippen LogP contribution is 2.44. The minimum absolute atomic E-state index is 0.0230. The van der Waals surface area contributed by atoms with Gasteiger partial charge in [-0.1, -0.05) is 20.8 Å². The quantitative estimate of drug-likeness (QED) is 0.275. The number of alkyl halides is 2. The molecule has 0 amide bonds. The van der Waals surface area contributed by atoms with Crippen molar-refractivity contribution in [3.05, 3.63) is 46.3 Å². The highest BCUT2D eigenvalue weighted by Gasteiger charge is 2.40. The lowest BCUT2D eigenvalue weighted by atomic mass is 9.79. The van der Waals surface area contributed by atoms with E-state index in [1.54, 1.807) is 27.7 Å². The summed E-state index contributed by atoms with van der Waals surface area (Å²) in [6.45, 7) is 11.8. The molecule has 0 aliphatic carbocycles. The molecule has 2 rings (SSSR count). The number of ether oxygens (including phenoxy) is 3. The summed E-state index contributed by atoms with van der Waals surface area (Å²) in [5.74, 6) is -2.72. The van der Waals surface area contributed by atoms with Crippen molar-refractivity contribution in [1.82, 2.24) is 10.6 Å². The summed E-state index contributed by atoms with van der Waals surface area (Å²) in [4.78, 5) is 26.2. The molecule has 38 heavy (non-hydrogen) atoms. The molecular weight excluding hydrogens is 516 g/mol. The van der Waals surface area contributed by atoms with E-state index in [4.69, 9.17) is 26.4 Å². The Morgan fingerprint density at radius 3 is 2.03 bits per heavy atom. The smallest absolute Gasteiger partial charge is 0.387 e. The molecule has 8 nitrogen and oxygen atoms in total. The summed E-state index contributed by atoms with van der Waals surface area (Å²) in [7, 11) is 0. The number of carbonyl (C=O) groups excluding carboxylic acids is 2. The van der Waals surface area contributed by atoms with Crippen LogP contribution in [0.15, 0.2) is 40.7 Å². The number of thiocarbonyl (C=S) groups is 1. The molecule has 1 aromatic carbocycles. The van der Waals surface area contributed by atoms with Crippen LogP contribution in [0.1, 0.15) is 66.9 Å². The summed E-state index contributed by atoms with van der Waals surface area (Å²) < 4.78 is 42.3. The Bertz CT molecular complexity index is 1090. The number of esters is 2. The lowest BCUT2D eigenvalue weighted by Gasteiger charge is -2.32. The standard InChI is InChI=1S/C27H37F2N3O5S/c1-9-35-23(33)20-14(3)30-15(4)21(24(34)36-10-2)22(20)18-13-17(11-12-19(18)37-25(28)29)32-26(38)31-16(5)27(6,7)8/h11-13,16,22,25,30H,9-10H2,1-8H3,(H2,31,32,38)/t16-/m1/s1. The second-order valence-corrected chi connectivity index (χ2v) is 10.3. The number of nitrogens with one attached hydrogen (secondary N) is 3. The van der Waals surface area contributed by atoms with Gasteiger partial charge in [0.05, 0.1) is 30.3 Å². The Morgan fingerprint density at radius 2 is 1.58 bits per heavy atom. The van der Waals surface area contributed by atoms with Gasteiger partial charge in [0.2, 0.25) is 0 Å². The topological polar surface area (TPSA) is 97.9 Å². The van der Waals surface area contributed by atoms with Crippen LogP contribution in [0.2, 0.25) is 0 Å². The van der Waals surface area contributed by atoms with Crippen molar-refractivity contribution < 1.29 is 32.6 Å². The monoisotopic (exact) mass is 553 g/mol. The normalized spacial score (nSPS) is 15.1. The summed E-state index contributed by atoms with van der Waals surface area (Å²) in [6, 6.07) is 4.43. The van der Waals surface area contributed by atoms with E-state index >= 15 is 0 Å². The van der Waals surface area contributed by atoms with Crippen LogP contribution in [-0.4, -0.2) is 42.9 Å². The third-order valence-corrected chi connectivity index (χ3v) is 6.41. The molecule has 1 aliphatic heterocycles. The van der Waals surface area contributed by atoms with Crippen LogP contribution in [0.5, 0.6) is 5.75 Å². The van der Waals surface area contributed by atoms with Gasteiger partial charge in [0.25, 0.3) is 0 Å². The van der Waals surface area contributed by atoms with Crippen molar-refractivity contribution in [2.24, 2.45) is 5.41 Å². The first kappa shape index (κ1) is 31.0. The number of hydrogen-bond acceptors (Lipinski definition) is 7. The summed E-state index contributed by atoms with van der Waals surface area (Å²) in [6.07, 6.45) is 0. The van der Waals surface area contributed by atoms with Crippen molar-refractivity contribution in [3.63, 3.8) is 0 Å². The average Bonchev–Trinajstić information content (AvgIpc) is 2.78. The van der Waals surface area contributed by atoms with Crippen LogP contribution in [0.25, 0.3) is 0 Å². The third-order valence-electron chi connectivity index (χ3n) is 6.19. The zero-order chi connectivity index (χ0) is 28.8. The number of hydrogen-bond donors (Lipinski definition) is 3. The number of dihydropyridines is 1. The minimum atomic E-state index is -3.14. The molecule has 3 N–H and O–H groups in total. The van der Waals surface area contributed by atoms with Crippen LogP contribution < -0.4 is 20.7 Å². The zero-order valence-corrected chi connectivity index (χ0v) is 23.9. The first-order chi connectivity index (χ1) is 17.7. The largest absolute Gasteiger partial charge is 0.463 e. The van der Waals surface area contributed by atoms with Crippen LogP contribution in [0.4, 0.5) is 14.5 Å². The fraction of sp³-hybridized carbons (Fsp3) is 0.519. The molecule has 0 fully saturated rings. The maximum atomic E-state index is 13.5. The highest BCUT2D eigenvalue weighted by molar-refractivity contribution is 7.80. The molecule has 11 heteroatoms. The van der Waals surface area contributed by atoms with Gasteiger partial charge in [-0.05, 0) is 70.5 Å². The van der Waals surface area contributed by atoms with E-state index < -0.39 is 24.5 Å². The van der Waals surface area contributed by atoms with Gasteiger partial charge in [-0.15, -0.1) is 0 Å². The SMILES string of the molecule is CCOC(=O)C1=C(C)NC(C)=C(C(=O)OCC)C1c1cc(NC(=S)N[C@H](C)C(C)(C)C)ccc1OC(F)F. The first-order valence-electron chi connectivity index (χ1n) is 12.4. The molecule has 0 bridgehead atoms. The fourth-order valence-electron chi connectivity index (χ4n) is 3.90. The molecule has 0 radical (unpaired) electrons. The molecule has 210 valence electrons. The van der Waals surface area contributed by atoms with Gasteiger partial charge in [-0.2, -0.15) is 8.78 Å². The highest BCUT2D eigenvalue weighted by atomic mass is 32.1. The summed E-state index contributed by atoms with van der Waals surface area (Å²) >= 11 is 5.47. The minimum Gasteiger partial charge on any atom is -0.463 e. The number of benzene rings is 1. The van der Waals surface area contributed by atoms with Crippen LogP contribution >= 0.6 is 12.2 Å². The van der Waals surface area contributed by atoms with Gasteiger partial charge < -0.3 is 30.2 Å². The number of halogens is 2. The number of allylic oxidation sites excluding steroid dienone is 2. The van der Waals surface area contributed by atoms with Crippen LogP contribution in [-0.2, 0) is 19.1 Å². The van der Waals surface area contributed by atoms with Gasteiger partial charge in [-0.3, -0.25) is 0 Å². The lowest BCUT2D eigenvalue weighted by Crippen LogP contribution is -2.43. The first-order valence-corrected chi connectivity index (χ1v) is 12.8. The Hall–Kier alpha value is -3.21. The molecule has 0 unspecified atom stereocenters. The van der Waals surface area contributed by atoms with Gasteiger partial charge in [0.1, 0.15) is 5.75 Å². The Labute approximate surface area is 228 Å². The van der Waals surface area contributed by atoms with Crippen molar-refractivity contribution >= 4 is 35.0 Å². The Morgan fingerprint density at radius 1 is 1.05 bits per heavy atom. The average molecular weight is 554 g/mol. The summed E-state index contributed by atoms with van der Waals surface area (Å²) in [5, 5.41) is 9.61. The van der Waals surface area contributed by atoms with Crippen molar-refractivity contribution in [1.29, 1.82) is 0 Å². The van der Waals surface area contributed by atoms with Gasteiger partial charge in [-0.25, -0.2) is 9.59 Å². The fourth-order valence-corrected chi connectivity index (χ4v) is 4.19. The second kappa shape index (κ2) is 13.0. The maximum absolute atomic E-state index is 13.5. The molecule has 1 aromatic rings. The van der Waals surface area contributed by atoms with Crippen LogP contribution in [0.3, 0.4) is 0 Å². The number of anilines is 1. The van der Waals surface area contributed by atoms with E-state index in [1.807, 2.05) is 6.92 Å².